The first kappa shape index (κ1) is 19.2. The van der Waals surface area contributed by atoms with Crippen LogP contribution in [0.1, 0.15) is 6.42 Å². The predicted octanol–water partition coefficient (Wildman–Crippen LogP) is 1.44. The molecule has 1 aliphatic rings. The molecule has 10 heteroatoms. The quantitative estimate of drug-likeness (QED) is 0.644. The SMILES string of the molecule is CN(C)C[C@H]1C[C@@H](O)CN1c1cc(Nc2cnn(-c3ncccc3F)c2)ncn1. The van der Waals surface area contributed by atoms with Gasteiger partial charge in [-0.05, 0) is 32.6 Å². The van der Waals surface area contributed by atoms with Gasteiger partial charge in [0.05, 0.1) is 24.2 Å². The summed E-state index contributed by atoms with van der Waals surface area (Å²) in [5.41, 5.74) is 0.644. The van der Waals surface area contributed by atoms with Crippen LogP contribution in [-0.4, -0.2) is 74.1 Å². The van der Waals surface area contributed by atoms with E-state index in [-0.39, 0.29) is 18.0 Å². The minimum atomic E-state index is -0.453. The number of anilines is 3. The second kappa shape index (κ2) is 8.10. The number of pyridine rings is 1. The van der Waals surface area contributed by atoms with Crippen LogP contribution in [0.2, 0.25) is 0 Å². The van der Waals surface area contributed by atoms with E-state index < -0.39 is 5.82 Å². The lowest BCUT2D eigenvalue weighted by molar-refractivity contribution is 0.191. The summed E-state index contributed by atoms with van der Waals surface area (Å²) in [5.74, 6) is 1.00. The fourth-order valence-corrected chi connectivity index (χ4v) is 3.54. The van der Waals surface area contributed by atoms with Crippen LogP contribution in [0.5, 0.6) is 0 Å². The van der Waals surface area contributed by atoms with Crippen LogP contribution in [-0.2, 0) is 0 Å². The maximum absolute atomic E-state index is 13.9. The summed E-state index contributed by atoms with van der Waals surface area (Å²) in [6.45, 7) is 1.36. The van der Waals surface area contributed by atoms with E-state index in [2.05, 4.69) is 35.2 Å². The molecule has 29 heavy (non-hydrogen) atoms. The minimum Gasteiger partial charge on any atom is -0.391 e. The third-order valence-electron chi connectivity index (χ3n) is 4.73. The molecule has 0 aromatic carbocycles. The van der Waals surface area contributed by atoms with Gasteiger partial charge >= 0.3 is 0 Å². The second-order valence-corrected chi connectivity index (χ2v) is 7.33. The third-order valence-corrected chi connectivity index (χ3v) is 4.73. The lowest BCUT2D eigenvalue weighted by atomic mass is 10.2. The van der Waals surface area contributed by atoms with Crippen molar-refractivity contribution in [3.8, 4) is 5.82 Å². The summed E-state index contributed by atoms with van der Waals surface area (Å²) in [5, 5.41) is 17.4. The first-order valence-electron chi connectivity index (χ1n) is 9.33. The predicted molar refractivity (Wildman–Crippen MR) is 107 cm³/mol. The van der Waals surface area contributed by atoms with Crippen LogP contribution >= 0.6 is 0 Å². The first-order valence-corrected chi connectivity index (χ1v) is 9.33. The number of aliphatic hydroxyl groups excluding tert-OH is 1. The van der Waals surface area contributed by atoms with Gasteiger partial charge in [-0.25, -0.2) is 24.0 Å². The van der Waals surface area contributed by atoms with Crippen LogP contribution in [0.15, 0.2) is 43.1 Å². The molecular weight excluding hydrogens is 375 g/mol. The van der Waals surface area contributed by atoms with Crippen LogP contribution in [0.4, 0.5) is 21.7 Å². The molecule has 0 spiro atoms. The topological polar surface area (TPSA) is 95.2 Å². The number of β-amino-alcohol motifs (C(OH)–C–C–N with tert-alkyl or cyclic N) is 1. The van der Waals surface area contributed by atoms with Gasteiger partial charge in [0.25, 0.3) is 0 Å². The Kier molecular flexibility index (Phi) is 5.36. The van der Waals surface area contributed by atoms with E-state index >= 15 is 0 Å². The molecule has 0 amide bonds. The molecule has 1 saturated heterocycles. The van der Waals surface area contributed by atoms with Crippen molar-refractivity contribution >= 4 is 17.3 Å². The van der Waals surface area contributed by atoms with Crippen molar-refractivity contribution in [2.24, 2.45) is 0 Å². The molecule has 3 aromatic rings. The fourth-order valence-electron chi connectivity index (χ4n) is 3.54. The Balaban J connectivity index is 1.52. The van der Waals surface area contributed by atoms with Crippen LogP contribution in [0.25, 0.3) is 5.82 Å². The van der Waals surface area contributed by atoms with Gasteiger partial charge in [0.15, 0.2) is 11.6 Å². The summed E-state index contributed by atoms with van der Waals surface area (Å²) in [7, 11) is 4.02. The third kappa shape index (κ3) is 4.33. The molecule has 0 saturated carbocycles. The van der Waals surface area contributed by atoms with Crippen molar-refractivity contribution in [1.82, 2.24) is 29.6 Å². The maximum Gasteiger partial charge on any atom is 0.189 e. The van der Waals surface area contributed by atoms with Gasteiger partial charge in [-0.3, -0.25) is 0 Å². The molecule has 0 aliphatic carbocycles. The van der Waals surface area contributed by atoms with E-state index in [1.807, 2.05) is 20.2 Å². The highest BCUT2D eigenvalue weighted by Gasteiger charge is 2.32. The number of hydrogen-bond acceptors (Lipinski definition) is 8. The molecule has 4 heterocycles. The molecule has 0 radical (unpaired) electrons. The highest BCUT2D eigenvalue weighted by Crippen LogP contribution is 2.26. The van der Waals surface area contributed by atoms with Gasteiger partial charge < -0.3 is 20.2 Å². The lowest BCUT2D eigenvalue weighted by Gasteiger charge is -2.27. The smallest absolute Gasteiger partial charge is 0.189 e. The van der Waals surface area contributed by atoms with Crippen LogP contribution in [0.3, 0.4) is 0 Å². The van der Waals surface area contributed by atoms with Gasteiger partial charge in [-0.15, -0.1) is 0 Å². The monoisotopic (exact) mass is 398 g/mol. The van der Waals surface area contributed by atoms with Gasteiger partial charge in [-0.1, -0.05) is 0 Å². The number of likely N-dealkylation sites (N-methyl/N-ethyl adjacent to an activating group) is 1. The van der Waals surface area contributed by atoms with Crippen molar-refractivity contribution in [2.75, 3.05) is 37.4 Å². The van der Waals surface area contributed by atoms with Crippen molar-refractivity contribution in [3.63, 3.8) is 0 Å². The highest BCUT2D eigenvalue weighted by atomic mass is 19.1. The Bertz CT molecular complexity index is 978. The van der Waals surface area contributed by atoms with E-state index in [9.17, 15) is 9.50 Å². The van der Waals surface area contributed by atoms with E-state index in [1.54, 1.807) is 12.4 Å². The molecular formula is C19H23FN8O. The normalized spacial score (nSPS) is 19.1. The Hall–Kier alpha value is -3.11. The molecule has 1 fully saturated rings. The van der Waals surface area contributed by atoms with Crippen molar-refractivity contribution < 1.29 is 9.50 Å². The lowest BCUT2D eigenvalue weighted by Crippen LogP contribution is -2.38. The Morgan fingerprint density at radius 1 is 1.31 bits per heavy atom. The molecule has 0 bridgehead atoms. The van der Waals surface area contributed by atoms with Gasteiger partial charge in [0, 0.05) is 31.4 Å². The Morgan fingerprint density at radius 3 is 2.97 bits per heavy atom. The highest BCUT2D eigenvalue weighted by molar-refractivity contribution is 5.59. The van der Waals surface area contributed by atoms with E-state index in [1.165, 1.54) is 29.3 Å². The number of rotatable bonds is 6. The number of nitrogens with zero attached hydrogens (tertiary/aromatic N) is 7. The molecule has 152 valence electrons. The molecule has 2 atom stereocenters. The van der Waals surface area contributed by atoms with E-state index in [0.29, 0.717) is 24.5 Å². The molecule has 3 aromatic heterocycles. The second-order valence-electron chi connectivity index (χ2n) is 7.33. The zero-order valence-corrected chi connectivity index (χ0v) is 16.3. The Morgan fingerprint density at radius 2 is 2.17 bits per heavy atom. The average Bonchev–Trinajstić information content (AvgIpc) is 3.28. The summed E-state index contributed by atoms with van der Waals surface area (Å²) in [6, 6.07) is 4.88. The number of halogens is 1. The first-order chi connectivity index (χ1) is 14.0. The molecule has 0 unspecified atom stereocenters. The maximum atomic E-state index is 13.9. The van der Waals surface area contributed by atoms with Crippen LogP contribution in [0, 0.1) is 5.82 Å². The van der Waals surface area contributed by atoms with Gasteiger partial charge in [0.2, 0.25) is 0 Å². The summed E-state index contributed by atoms with van der Waals surface area (Å²) in [4.78, 5) is 16.9. The van der Waals surface area contributed by atoms with E-state index in [4.69, 9.17) is 0 Å². The summed E-state index contributed by atoms with van der Waals surface area (Å²) < 4.78 is 15.3. The molecule has 9 nitrogen and oxygen atoms in total. The number of hydrogen-bond donors (Lipinski definition) is 2. The number of aromatic nitrogens is 5. The molecule has 4 rings (SSSR count). The van der Waals surface area contributed by atoms with Gasteiger partial charge in [-0.2, -0.15) is 5.10 Å². The van der Waals surface area contributed by atoms with Crippen molar-refractivity contribution in [2.45, 2.75) is 18.6 Å². The molecule has 1 aliphatic heterocycles. The van der Waals surface area contributed by atoms with Crippen molar-refractivity contribution in [1.29, 1.82) is 0 Å². The number of aliphatic hydroxyl groups is 1. The summed E-state index contributed by atoms with van der Waals surface area (Å²) in [6.07, 6.45) is 6.54. The minimum absolute atomic E-state index is 0.126. The molecule has 2 N–H and O–H groups in total. The van der Waals surface area contributed by atoms with Crippen LogP contribution < -0.4 is 10.2 Å². The zero-order chi connectivity index (χ0) is 20.4. The van der Waals surface area contributed by atoms with Gasteiger partial charge in [0.1, 0.15) is 18.0 Å². The van der Waals surface area contributed by atoms with Crippen molar-refractivity contribution in [3.05, 3.63) is 48.9 Å². The zero-order valence-electron chi connectivity index (χ0n) is 16.3. The standard InChI is InChI=1S/C19H23FN8O/c1-26(2)10-14-6-15(29)11-27(14)18-7-17(22-12-23-18)25-13-8-24-28(9-13)19-16(20)4-3-5-21-19/h3-5,7-9,12,14-15,29H,6,10-11H2,1-2H3,(H,22,23,25)/t14-,15-/m1/s1. The fraction of sp³-hybridized carbons (Fsp3) is 0.368. The average molecular weight is 398 g/mol. The largest absolute Gasteiger partial charge is 0.391 e. The summed E-state index contributed by atoms with van der Waals surface area (Å²) >= 11 is 0. The Labute approximate surface area is 167 Å². The van der Waals surface area contributed by atoms with E-state index in [0.717, 1.165) is 12.4 Å². The number of nitrogens with one attached hydrogen (secondary N) is 1.